The van der Waals surface area contributed by atoms with Crippen LogP contribution < -0.4 is 5.32 Å². The summed E-state index contributed by atoms with van der Waals surface area (Å²) in [5.74, 6) is 0.0913. The zero-order valence-corrected chi connectivity index (χ0v) is 12.4. The van der Waals surface area contributed by atoms with Crippen LogP contribution in [0.15, 0.2) is 24.3 Å². The zero-order chi connectivity index (χ0) is 14.6. The Hall–Kier alpha value is -1.39. The molecule has 1 heterocycles. The van der Waals surface area contributed by atoms with Crippen LogP contribution in [0.4, 0.5) is 0 Å². The molecule has 1 atom stereocenters. The Bertz CT molecular complexity index is 467. The van der Waals surface area contributed by atoms with Crippen molar-refractivity contribution in [3.8, 4) is 0 Å². The standard InChI is InChI=1S/C16H24N2O2/c1-13-5-3-4-6-14(13)7-8-15(19)18(2)12-16(20)9-10-17-11-16/h3-6,17,20H,7-12H2,1-2H3. The van der Waals surface area contributed by atoms with Crippen LogP contribution in [-0.4, -0.2) is 48.2 Å². The van der Waals surface area contributed by atoms with Crippen LogP contribution >= 0.6 is 0 Å². The minimum Gasteiger partial charge on any atom is -0.387 e. The lowest BCUT2D eigenvalue weighted by molar-refractivity contribution is -0.132. The summed E-state index contributed by atoms with van der Waals surface area (Å²) in [7, 11) is 1.77. The first-order chi connectivity index (χ1) is 9.50. The van der Waals surface area contributed by atoms with Gasteiger partial charge in [-0.15, -0.1) is 0 Å². The predicted molar refractivity (Wildman–Crippen MR) is 79.6 cm³/mol. The number of nitrogens with one attached hydrogen (secondary N) is 1. The second-order valence-electron chi connectivity index (χ2n) is 5.83. The fourth-order valence-corrected chi connectivity index (χ4v) is 2.72. The van der Waals surface area contributed by atoms with Crippen molar-refractivity contribution in [1.82, 2.24) is 10.2 Å². The Balaban J connectivity index is 1.84. The number of nitrogens with zero attached hydrogens (tertiary/aromatic N) is 1. The quantitative estimate of drug-likeness (QED) is 0.847. The van der Waals surface area contributed by atoms with Gasteiger partial charge in [0, 0.05) is 20.0 Å². The molecule has 1 aromatic rings. The summed E-state index contributed by atoms with van der Waals surface area (Å²) in [4.78, 5) is 13.8. The molecule has 1 aromatic carbocycles. The van der Waals surface area contributed by atoms with Gasteiger partial charge >= 0.3 is 0 Å². The normalized spacial score (nSPS) is 21.9. The van der Waals surface area contributed by atoms with Crippen LogP contribution in [0.2, 0.25) is 0 Å². The predicted octanol–water partition coefficient (Wildman–Crippen LogP) is 1.11. The highest BCUT2D eigenvalue weighted by atomic mass is 16.3. The summed E-state index contributed by atoms with van der Waals surface area (Å²) in [5, 5.41) is 13.4. The van der Waals surface area contributed by atoms with Crippen molar-refractivity contribution in [1.29, 1.82) is 0 Å². The monoisotopic (exact) mass is 276 g/mol. The molecule has 1 aliphatic heterocycles. The topological polar surface area (TPSA) is 52.6 Å². The summed E-state index contributed by atoms with van der Waals surface area (Å²) in [6, 6.07) is 8.15. The average molecular weight is 276 g/mol. The van der Waals surface area contributed by atoms with Crippen LogP contribution in [0.3, 0.4) is 0 Å². The molecule has 2 N–H and O–H groups in total. The van der Waals surface area contributed by atoms with E-state index in [1.807, 2.05) is 12.1 Å². The van der Waals surface area contributed by atoms with Crippen molar-refractivity contribution in [2.75, 3.05) is 26.7 Å². The number of benzene rings is 1. The maximum atomic E-state index is 12.2. The summed E-state index contributed by atoms with van der Waals surface area (Å²) in [6.07, 6.45) is 1.96. The van der Waals surface area contributed by atoms with Gasteiger partial charge in [0.15, 0.2) is 0 Å². The van der Waals surface area contributed by atoms with E-state index >= 15 is 0 Å². The summed E-state index contributed by atoms with van der Waals surface area (Å²) in [5.41, 5.74) is 1.68. The first-order valence-corrected chi connectivity index (χ1v) is 7.22. The molecule has 0 bridgehead atoms. The van der Waals surface area contributed by atoms with E-state index in [4.69, 9.17) is 0 Å². The van der Waals surface area contributed by atoms with E-state index in [1.54, 1.807) is 11.9 Å². The van der Waals surface area contributed by atoms with Crippen molar-refractivity contribution in [3.05, 3.63) is 35.4 Å². The number of aryl methyl sites for hydroxylation is 2. The lowest BCUT2D eigenvalue weighted by Crippen LogP contribution is -2.45. The minimum atomic E-state index is -0.757. The summed E-state index contributed by atoms with van der Waals surface area (Å²) in [6.45, 7) is 3.87. The molecular weight excluding hydrogens is 252 g/mol. The smallest absolute Gasteiger partial charge is 0.222 e. The number of rotatable bonds is 5. The molecule has 1 aliphatic rings. The van der Waals surface area contributed by atoms with Gasteiger partial charge in [0.1, 0.15) is 0 Å². The molecule has 0 aromatic heterocycles. The number of amides is 1. The van der Waals surface area contributed by atoms with Gasteiger partial charge in [-0.05, 0) is 37.4 Å². The van der Waals surface area contributed by atoms with Crippen molar-refractivity contribution < 1.29 is 9.90 Å². The third-order valence-corrected chi connectivity index (χ3v) is 4.05. The Morgan fingerprint density at radius 2 is 2.20 bits per heavy atom. The van der Waals surface area contributed by atoms with E-state index in [-0.39, 0.29) is 5.91 Å². The SMILES string of the molecule is Cc1ccccc1CCC(=O)N(C)CC1(O)CCNC1. The summed E-state index contributed by atoms with van der Waals surface area (Å²) >= 11 is 0. The molecule has 1 unspecified atom stereocenters. The minimum absolute atomic E-state index is 0.0913. The van der Waals surface area contributed by atoms with Crippen LogP contribution in [0.5, 0.6) is 0 Å². The van der Waals surface area contributed by atoms with Crippen molar-refractivity contribution in [2.45, 2.75) is 31.8 Å². The van der Waals surface area contributed by atoms with Gasteiger partial charge in [0.05, 0.1) is 12.1 Å². The van der Waals surface area contributed by atoms with Crippen molar-refractivity contribution >= 4 is 5.91 Å². The molecule has 110 valence electrons. The molecule has 1 amide bonds. The first kappa shape index (κ1) is 15.0. The molecule has 0 radical (unpaired) electrons. The van der Waals surface area contributed by atoms with E-state index < -0.39 is 5.60 Å². The molecule has 0 aliphatic carbocycles. The van der Waals surface area contributed by atoms with Crippen molar-refractivity contribution in [3.63, 3.8) is 0 Å². The number of hydrogen-bond acceptors (Lipinski definition) is 3. The van der Waals surface area contributed by atoms with E-state index in [0.717, 1.165) is 13.0 Å². The molecule has 20 heavy (non-hydrogen) atoms. The van der Waals surface area contributed by atoms with E-state index in [1.165, 1.54) is 11.1 Å². The summed E-state index contributed by atoms with van der Waals surface area (Å²) < 4.78 is 0. The third-order valence-electron chi connectivity index (χ3n) is 4.05. The van der Waals surface area contributed by atoms with Crippen LogP contribution in [0, 0.1) is 6.92 Å². The lowest BCUT2D eigenvalue weighted by atomic mass is 10.0. The molecule has 4 nitrogen and oxygen atoms in total. The molecule has 4 heteroatoms. The van der Waals surface area contributed by atoms with Gasteiger partial charge in [-0.25, -0.2) is 0 Å². The van der Waals surface area contributed by atoms with Gasteiger partial charge in [-0.1, -0.05) is 24.3 Å². The molecule has 1 saturated heterocycles. The fraction of sp³-hybridized carbons (Fsp3) is 0.562. The fourth-order valence-electron chi connectivity index (χ4n) is 2.72. The number of carbonyl (C=O) groups is 1. The highest BCUT2D eigenvalue weighted by Gasteiger charge is 2.33. The van der Waals surface area contributed by atoms with E-state index in [9.17, 15) is 9.90 Å². The van der Waals surface area contributed by atoms with Gasteiger partial charge in [0.2, 0.25) is 5.91 Å². The second kappa shape index (κ2) is 6.37. The molecular formula is C16H24N2O2. The number of likely N-dealkylation sites (N-methyl/N-ethyl adjacent to an activating group) is 1. The highest BCUT2D eigenvalue weighted by Crippen LogP contribution is 2.16. The largest absolute Gasteiger partial charge is 0.387 e. The van der Waals surface area contributed by atoms with Gasteiger partial charge in [-0.3, -0.25) is 4.79 Å². The maximum Gasteiger partial charge on any atom is 0.222 e. The highest BCUT2D eigenvalue weighted by molar-refractivity contribution is 5.76. The van der Waals surface area contributed by atoms with E-state index in [2.05, 4.69) is 24.4 Å². The van der Waals surface area contributed by atoms with Gasteiger partial charge in [0.25, 0.3) is 0 Å². The molecule has 0 saturated carbocycles. The Morgan fingerprint density at radius 3 is 2.85 bits per heavy atom. The number of hydrogen-bond donors (Lipinski definition) is 2. The molecule has 1 fully saturated rings. The maximum absolute atomic E-state index is 12.2. The number of carbonyl (C=O) groups excluding carboxylic acids is 1. The second-order valence-corrected chi connectivity index (χ2v) is 5.83. The molecule has 2 rings (SSSR count). The Kier molecular flexibility index (Phi) is 4.78. The van der Waals surface area contributed by atoms with Crippen molar-refractivity contribution in [2.24, 2.45) is 0 Å². The number of β-amino-alcohol motifs (C(OH)–C–C–N with tert-alkyl or cyclic N) is 1. The number of aliphatic hydroxyl groups is 1. The first-order valence-electron chi connectivity index (χ1n) is 7.22. The third kappa shape index (κ3) is 3.81. The average Bonchev–Trinajstić information content (AvgIpc) is 2.84. The van der Waals surface area contributed by atoms with E-state index in [0.29, 0.717) is 25.9 Å². The zero-order valence-electron chi connectivity index (χ0n) is 12.4. The van der Waals surface area contributed by atoms with Crippen LogP contribution in [0.1, 0.15) is 24.0 Å². The van der Waals surface area contributed by atoms with Crippen LogP contribution in [0.25, 0.3) is 0 Å². The van der Waals surface area contributed by atoms with Gasteiger partial charge < -0.3 is 15.3 Å². The van der Waals surface area contributed by atoms with Gasteiger partial charge in [-0.2, -0.15) is 0 Å². The lowest BCUT2D eigenvalue weighted by Gasteiger charge is -2.28. The molecule has 0 spiro atoms. The Morgan fingerprint density at radius 1 is 1.45 bits per heavy atom. The van der Waals surface area contributed by atoms with Crippen LogP contribution in [-0.2, 0) is 11.2 Å². The Labute approximate surface area is 120 Å².